The van der Waals surface area contributed by atoms with Crippen molar-refractivity contribution in [3.8, 4) is 0 Å². The zero-order chi connectivity index (χ0) is 13.9. The largest absolute Gasteiger partial charge is 0.380 e. The molecule has 0 amide bonds. The van der Waals surface area contributed by atoms with E-state index in [1.54, 1.807) is 7.11 Å². The van der Waals surface area contributed by atoms with Gasteiger partial charge in [-0.1, -0.05) is 30.7 Å². The normalized spacial score (nSPS) is 30.4. The Morgan fingerprint density at radius 3 is 2.75 bits per heavy atom. The first-order chi connectivity index (χ1) is 9.78. The van der Waals surface area contributed by atoms with Crippen LogP contribution in [0.5, 0.6) is 0 Å². The summed E-state index contributed by atoms with van der Waals surface area (Å²) in [5.74, 6) is 1.55. The fourth-order valence-electron chi connectivity index (χ4n) is 3.99. The second-order valence-corrected chi connectivity index (χ2v) is 6.41. The van der Waals surface area contributed by atoms with Crippen molar-refractivity contribution in [2.45, 2.75) is 38.5 Å². The molecule has 110 valence electrons. The van der Waals surface area contributed by atoms with Gasteiger partial charge in [-0.05, 0) is 35.8 Å². The van der Waals surface area contributed by atoms with Crippen molar-refractivity contribution in [2.75, 3.05) is 20.2 Å². The van der Waals surface area contributed by atoms with Gasteiger partial charge in [0.25, 0.3) is 0 Å². The summed E-state index contributed by atoms with van der Waals surface area (Å²) in [6, 6.07) is 9.05. The maximum absolute atomic E-state index is 6.31. The van der Waals surface area contributed by atoms with Crippen LogP contribution in [0.15, 0.2) is 24.3 Å². The Hall–Kier alpha value is -0.900. The van der Waals surface area contributed by atoms with Crippen LogP contribution in [-0.2, 0) is 17.9 Å². The van der Waals surface area contributed by atoms with E-state index in [4.69, 9.17) is 10.5 Å². The maximum atomic E-state index is 6.31. The van der Waals surface area contributed by atoms with E-state index in [0.717, 1.165) is 18.4 Å². The highest BCUT2D eigenvalue weighted by Crippen LogP contribution is 2.36. The minimum atomic E-state index is 0.424. The van der Waals surface area contributed by atoms with Crippen molar-refractivity contribution in [2.24, 2.45) is 17.6 Å². The lowest BCUT2D eigenvalue weighted by molar-refractivity contribution is 0.182. The average molecular weight is 274 g/mol. The molecule has 1 saturated heterocycles. The van der Waals surface area contributed by atoms with E-state index >= 15 is 0 Å². The highest BCUT2D eigenvalue weighted by molar-refractivity contribution is 5.26. The van der Waals surface area contributed by atoms with E-state index < -0.39 is 0 Å². The molecule has 2 fully saturated rings. The lowest BCUT2D eigenvalue weighted by Gasteiger charge is -2.29. The lowest BCUT2D eigenvalue weighted by atomic mass is 9.78. The number of nitrogens with two attached hydrogens (primary N) is 1. The summed E-state index contributed by atoms with van der Waals surface area (Å²) in [4.78, 5) is 2.59. The Morgan fingerprint density at radius 2 is 2.00 bits per heavy atom. The highest BCUT2D eigenvalue weighted by Gasteiger charge is 2.38. The van der Waals surface area contributed by atoms with Crippen molar-refractivity contribution < 1.29 is 4.74 Å². The summed E-state index contributed by atoms with van der Waals surface area (Å²) in [6.07, 6.45) is 3.90. The number of nitrogens with zero attached hydrogens (tertiary/aromatic N) is 1. The molecule has 3 atom stereocenters. The number of rotatable bonds is 4. The third-order valence-corrected chi connectivity index (χ3v) is 5.04. The monoisotopic (exact) mass is 274 g/mol. The van der Waals surface area contributed by atoms with Crippen LogP contribution < -0.4 is 5.73 Å². The molecule has 0 aromatic heterocycles. The first-order valence-corrected chi connectivity index (χ1v) is 7.81. The molecule has 1 saturated carbocycles. The van der Waals surface area contributed by atoms with Gasteiger partial charge in [0.15, 0.2) is 0 Å². The third kappa shape index (κ3) is 2.90. The van der Waals surface area contributed by atoms with Crippen LogP contribution in [0.2, 0.25) is 0 Å². The zero-order valence-corrected chi connectivity index (χ0v) is 12.4. The Morgan fingerprint density at radius 1 is 1.20 bits per heavy atom. The molecule has 0 radical (unpaired) electrons. The molecule has 1 aromatic rings. The second-order valence-electron chi connectivity index (χ2n) is 6.41. The van der Waals surface area contributed by atoms with Gasteiger partial charge in [-0.2, -0.15) is 0 Å². The molecule has 1 aromatic carbocycles. The predicted molar refractivity (Wildman–Crippen MR) is 81.2 cm³/mol. The van der Waals surface area contributed by atoms with Gasteiger partial charge in [0.2, 0.25) is 0 Å². The Bertz CT molecular complexity index is 448. The lowest BCUT2D eigenvalue weighted by Crippen LogP contribution is -2.38. The van der Waals surface area contributed by atoms with Gasteiger partial charge in [0, 0.05) is 32.8 Å². The topological polar surface area (TPSA) is 38.5 Å². The van der Waals surface area contributed by atoms with E-state index in [9.17, 15) is 0 Å². The van der Waals surface area contributed by atoms with Crippen LogP contribution in [0.1, 0.15) is 30.4 Å². The smallest absolute Gasteiger partial charge is 0.0716 e. The molecule has 1 aliphatic carbocycles. The number of methoxy groups -OCH3 is 1. The van der Waals surface area contributed by atoms with Gasteiger partial charge in [0.05, 0.1) is 6.61 Å². The van der Waals surface area contributed by atoms with Gasteiger partial charge in [0.1, 0.15) is 0 Å². The summed E-state index contributed by atoms with van der Waals surface area (Å²) in [5.41, 5.74) is 9.02. The molecule has 0 spiro atoms. The first kappa shape index (κ1) is 14.1. The van der Waals surface area contributed by atoms with Gasteiger partial charge < -0.3 is 10.5 Å². The SMILES string of the molecule is COCc1ccccc1CN1CC2CCCC(N)C2C1. The Balaban J connectivity index is 1.67. The third-order valence-electron chi connectivity index (χ3n) is 5.04. The minimum absolute atomic E-state index is 0.424. The molecule has 2 N–H and O–H groups in total. The molecule has 3 heteroatoms. The van der Waals surface area contributed by atoms with Gasteiger partial charge in [-0.25, -0.2) is 0 Å². The number of benzene rings is 1. The number of fused-ring (bicyclic) bond motifs is 1. The molecule has 3 rings (SSSR count). The van der Waals surface area contributed by atoms with Crippen molar-refractivity contribution in [3.63, 3.8) is 0 Å². The van der Waals surface area contributed by atoms with Crippen LogP contribution in [0.25, 0.3) is 0 Å². The second kappa shape index (κ2) is 6.25. The molecular weight excluding hydrogens is 248 g/mol. The predicted octanol–water partition coefficient (Wildman–Crippen LogP) is 2.39. The molecule has 2 aliphatic rings. The quantitative estimate of drug-likeness (QED) is 0.916. The van der Waals surface area contributed by atoms with E-state index in [2.05, 4.69) is 29.2 Å². The van der Waals surface area contributed by atoms with Crippen LogP contribution in [0.4, 0.5) is 0 Å². The van der Waals surface area contributed by atoms with Crippen LogP contribution in [-0.4, -0.2) is 31.1 Å². The van der Waals surface area contributed by atoms with Gasteiger partial charge >= 0.3 is 0 Å². The first-order valence-electron chi connectivity index (χ1n) is 7.81. The minimum Gasteiger partial charge on any atom is -0.380 e. The summed E-state index contributed by atoms with van der Waals surface area (Å²) in [5, 5.41) is 0. The standard InChI is InChI=1S/C17H26N2O/c1-20-12-15-6-3-2-5-13(15)9-19-10-14-7-4-8-17(18)16(14)11-19/h2-3,5-6,14,16-17H,4,7-12,18H2,1H3. The van der Waals surface area contributed by atoms with Gasteiger partial charge in [-0.3, -0.25) is 4.90 Å². The fourth-order valence-corrected chi connectivity index (χ4v) is 3.99. The van der Waals surface area contributed by atoms with Crippen molar-refractivity contribution in [1.29, 1.82) is 0 Å². The number of hydrogen-bond donors (Lipinski definition) is 1. The number of hydrogen-bond acceptors (Lipinski definition) is 3. The van der Waals surface area contributed by atoms with Crippen molar-refractivity contribution in [3.05, 3.63) is 35.4 Å². The average Bonchev–Trinajstić information content (AvgIpc) is 2.85. The summed E-state index contributed by atoms with van der Waals surface area (Å²) in [6.45, 7) is 4.14. The number of likely N-dealkylation sites (tertiary alicyclic amines) is 1. The van der Waals surface area contributed by atoms with E-state index in [1.165, 1.54) is 43.5 Å². The van der Waals surface area contributed by atoms with E-state index in [-0.39, 0.29) is 0 Å². The Labute approximate surface area is 122 Å². The van der Waals surface area contributed by atoms with Crippen molar-refractivity contribution >= 4 is 0 Å². The summed E-state index contributed by atoms with van der Waals surface area (Å²) in [7, 11) is 1.76. The fraction of sp³-hybridized carbons (Fsp3) is 0.647. The van der Waals surface area contributed by atoms with Crippen molar-refractivity contribution in [1.82, 2.24) is 4.90 Å². The molecule has 3 nitrogen and oxygen atoms in total. The van der Waals surface area contributed by atoms with E-state index in [0.29, 0.717) is 12.6 Å². The maximum Gasteiger partial charge on any atom is 0.0716 e. The van der Waals surface area contributed by atoms with Crippen LogP contribution in [0.3, 0.4) is 0 Å². The molecule has 1 heterocycles. The molecular formula is C17H26N2O. The summed E-state index contributed by atoms with van der Waals surface area (Å²) < 4.78 is 5.31. The molecule has 1 aliphatic heterocycles. The molecule has 20 heavy (non-hydrogen) atoms. The van der Waals surface area contributed by atoms with Crippen LogP contribution in [0, 0.1) is 11.8 Å². The number of ether oxygens (including phenoxy) is 1. The zero-order valence-electron chi connectivity index (χ0n) is 12.4. The Kier molecular flexibility index (Phi) is 4.39. The van der Waals surface area contributed by atoms with E-state index in [1.807, 2.05) is 0 Å². The van der Waals surface area contributed by atoms with Gasteiger partial charge in [-0.15, -0.1) is 0 Å². The highest BCUT2D eigenvalue weighted by atomic mass is 16.5. The summed E-state index contributed by atoms with van der Waals surface area (Å²) >= 11 is 0. The molecule has 3 unspecified atom stereocenters. The van der Waals surface area contributed by atoms with Crippen LogP contribution >= 0.6 is 0 Å². The molecule has 0 bridgehead atoms.